The average molecular weight is 1160 g/mol. The van der Waals surface area contributed by atoms with Crippen molar-refractivity contribution in [2.45, 2.75) is 386 Å². The minimum Gasteiger partial charge on any atom is -0.462 e. The zero-order valence-corrected chi connectivity index (χ0v) is 55.5. The first-order valence-electron chi connectivity index (χ1n) is 36.4. The SMILES string of the molecule is CC/C=C\C/C=C\C/C=C\C/C=C\C/C=C\CCCCCCCCCC(=O)OCC(COC(=O)CCCCCCCCCCCCCCCCCCCCC)OC(=O)CCCCCCCCCCCCC/C=C\CCCCCCCCCC. The van der Waals surface area contributed by atoms with Gasteiger partial charge in [0.2, 0.25) is 0 Å². The van der Waals surface area contributed by atoms with Crippen molar-refractivity contribution in [1.82, 2.24) is 0 Å². The average Bonchev–Trinajstić information content (AvgIpc) is 3.49. The molecule has 0 aromatic heterocycles. The summed E-state index contributed by atoms with van der Waals surface area (Å²) in [5.74, 6) is -0.862. The third-order valence-corrected chi connectivity index (χ3v) is 16.2. The van der Waals surface area contributed by atoms with Crippen molar-refractivity contribution in [3.05, 3.63) is 72.9 Å². The second kappa shape index (κ2) is 71.3. The van der Waals surface area contributed by atoms with Crippen molar-refractivity contribution in [1.29, 1.82) is 0 Å². The highest BCUT2D eigenvalue weighted by Crippen LogP contribution is 2.18. The van der Waals surface area contributed by atoms with E-state index in [1.165, 1.54) is 244 Å². The van der Waals surface area contributed by atoms with E-state index in [9.17, 15) is 14.4 Å². The third-order valence-electron chi connectivity index (χ3n) is 16.2. The molecule has 0 saturated heterocycles. The lowest BCUT2D eigenvalue weighted by atomic mass is 10.0. The van der Waals surface area contributed by atoms with Crippen molar-refractivity contribution < 1.29 is 28.6 Å². The molecule has 0 aromatic carbocycles. The summed E-state index contributed by atoms with van der Waals surface area (Å²) in [5.41, 5.74) is 0. The highest BCUT2D eigenvalue weighted by Gasteiger charge is 2.19. The second-order valence-electron chi connectivity index (χ2n) is 24.5. The van der Waals surface area contributed by atoms with E-state index in [-0.39, 0.29) is 31.1 Å². The Morgan fingerprint density at radius 3 is 0.747 bits per heavy atom. The van der Waals surface area contributed by atoms with E-state index in [0.29, 0.717) is 19.3 Å². The molecular formula is C77H138O6. The number of allylic oxidation sites excluding steroid dienone is 12. The van der Waals surface area contributed by atoms with Gasteiger partial charge in [-0.25, -0.2) is 0 Å². The van der Waals surface area contributed by atoms with Crippen LogP contribution in [0.1, 0.15) is 380 Å². The number of ether oxygens (including phenoxy) is 3. The number of hydrogen-bond donors (Lipinski definition) is 0. The monoisotopic (exact) mass is 1160 g/mol. The Bertz CT molecular complexity index is 1520. The maximum absolute atomic E-state index is 13.0. The lowest BCUT2D eigenvalue weighted by molar-refractivity contribution is -0.167. The van der Waals surface area contributed by atoms with Crippen LogP contribution in [0.3, 0.4) is 0 Å². The van der Waals surface area contributed by atoms with Crippen molar-refractivity contribution in [2.24, 2.45) is 0 Å². The third kappa shape index (κ3) is 69.5. The summed E-state index contributed by atoms with van der Waals surface area (Å²) in [6.45, 7) is 6.59. The molecule has 0 aromatic rings. The summed E-state index contributed by atoms with van der Waals surface area (Å²) in [5, 5.41) is 0. The van der Waals surface area contributed by atoms with E-state index in [0.717, 1.165) is 96.3 Å². The summed E-state index contributed by atoms with van der Waals surface area (Å²) in [6.07, 6.45) is 93.5. The van der Waals surface area contributed by atoms with Gasteiger partial charge in [0.25, 0.3) is 0 Å². The maximum Gasteiger partial charge on any atom is 0.306 e. The van der Waals surface area contributed by atoms with Crippen LogP contribution in [0.4, 0.5) is 0 Å². The predicted molar refractivity (Wildman–Crippen MR) is 362 cm³/mol. The molecule has 0 radical (unpaired) electrons. The predicted octanol–water partition coefficient (Wildman–Crippen LogP) is 25.2. The first-order chi connectivity index (χ1) is 41.0. The van der Waals surface area contributed by atoms with Gasteiger partial charge in [-0.2, -0.15) is 0 Å². The van der Waals surface area contributed by atoms with E-state index >= 15 is 0 Å². The molecule has 0 heterocycles. The normalized spacial score (nSPS) is 12.5. The van der Waals surface area contributed by atoms with Crippen molar-refractivity contribution >= 4 is 17.9 Å². The fourth-order valence-electron chi connectivity index (χ4n) is 10.8. The van der Waals surface area contributed by atoms with Gasteiger partial charge in [0.05, 0.1) is 0 Å². The first kappa shape index (κ1) is 79.8. The molecule has 1 atom stereocenters. The van der Waals surface area contributed by atoms with Crippen LogP contribution in [0.25, 0.3) is 0 Å². The molecule has 0 fully saturated rings. The largest absolute Gasteiger partial charge is 0.462 e. The van der Waals surface area contributed by atoms with E-state index < -0.39 is 6.10 Å². The van der Waals surface area contributed by atoms with Crippen LogP contribution in [0.15, 0.2) is 72.9 Å². The highest BCUT2D eigenvalue weighted by molar-refractivity contribution is 5.71. The minimum atomic E-state index is -0.781. The molecule has 0 spiro atoms. The molecule has 0 saturated carbocycles. The lowest BCUT2D eigenvalue weighted by Gasteiger charge is -2.18. The Labute approximate surface area is 516 Å². The van der Waals surface area contributed by atoms with E-state index in [4.69, 9.17) is 14.2 Å². The van der Waals surface area contributed by atoms with E-state index in [2.05, 4.69) is 93.7 Å². The van der Waals surface area contributed by atoms with Gasteiger partial charge in [0.15, 0.2) is 6.10 Å². The molecular weight excluding hydrogens is 1020 g/mol. The zero-order chi connectivity index (χ0) is 59.9. The van der Waals surface area contributed by atoms with Gasteiger partial charge in [0.1, 0.15) is 13.2 Å². The van der Waals surface area contributed by atoms with Crippen LogP contribution in [0.2, 0.25) is 0 Å². The summed E-state index contributed by atoms with van der Waals surface area (Å²) in [4.78, 5) is 38.5. The van der Waals surface area contributed by atoms with Gasteiger partial charge in [0, 0.05) is 19.3 Å². The van der Waals surface area contributed by atoms with Crippen LogP contribution in [0, 0.1) is 0 Å². The molecule has 0 bridgehead atoms. The highest BCUT2D eigenvalue weighted by atomic mass is 16.6. The van der Waals surface area contributed by atoms with Gasteiger partial charge in [-0.05, 0) is 89.9 Å². The molecule has 482 valence electrons. The van der Waals surface area contributed by atoms with Gasteiger partial charge in [-0.15, -0.1) is 0 Å². The van der Waals surface area contributed by atoms with Gasteiger partial charge < -0.3 is 14.2 Å². The Balaban J connectivity index is 4.36. The number of esters is 3. The summed E-state index contributed by atoms with van der Waals surface area (Å²) in [7, 11) is 0. The van der Waals surface area contributed by atoms with Crippen LogP contribution >= 0.6 is 0 Å². The molecule has 6 nitrogen and oxygen atoms in total. The van der Waals surface area contributed by atoms with Crippen LogP contribution in [-0.2, 0) is 28.6 Å². The summed E-state index contributed by atoms with van der Waals surface area (Å²) < 4.78 is 17.0. The Morgan fingerprint density at radius 1 is 0.253 bits per heavy atom. The molecule has 0 N–H and O–H groups in total. The molecule has 6 heteroatoms. The topological polar surface area (TPSA) is 78.9 Å². The fourth-order valence-corrected chi connectivity index (χ4v) is 10.8. The molecule has 0 amide bonds. The zero-order valence-electron chi connectivity index (χ0n) is 55.5. The van der Waals surface area contributed by atoms with Crippen molar-refractivity contribution in [3.63, 3.8) is 0 Å². The second-order valence-corrected chi connectivity index (χ2v) is 24.5. The molecule has 83 heavy (non-hydrogen) atoms. The molecule has 0 aliphatic heterocycles. The smallest absolute Gasteiger partial charge is 0.306 e. The van der Waals surface area contributed by atoms with Gasteiger partial charge in [-0.3, -0.25) is 14.4 Å². The minimum absolute atomic E-state index is 0.0749. The van der Waals surface area contributed by atoms with Crippen LogP contribution in [-0.4, -0.2) is 37.2 Å². The number of hydrogen-bond acceptors (Lipinski definition) is 6. The van der Waals surface area contributed by atoms with Gasteiger partial charge >= 0.3 is 17.9 Å². The summed E-state index contributed by atoms with van der Waals surface area (Å²) >= 11 is 0. The van der Waals surface area contributed by atoms with Crippen LogP contribution < -0.4 is 0 Å². The van der Waals surface area contributed by atoms with E-state index in [1.54, 1.807) is 0 Å². The van der Waals surface area contributed by atoms with E-state index in [1.807, 2.05) is 0 Å². The standard InChI is InChI=1S/C77H138O6/c1-4-7-10-13-16-19-22-25-28-31-34-36-38-40-43-46-49-52-55-58-61-64-67-70-76(79)82-73-74(72-81-75(78)69-66-63-60-57-54-51-48-45-42-33-30-27-24-21-18-15-12-9-6-3)83-77(80)71-68-65-62-59-56-53-50-47-44-41-39-37-35-32-29-26-23-20-17-14-11-8-5-2/h7,10,16,19,25,28,32,34-36,40,43,74H,4-6,8-9,11-15,17-18,20-24,26-27,29-31,33,37-39,41-42,44-73H2,1-3H3/b10-7-,19-16-,28-25-,35-32-,36-34-,43-40-. The Morgan fingerprint density at radius 2 is 0.470 bits per heavy atom. The van der Waals surface area contributed by atoms with Gasteiger partial charge in [-0.1, -0.05) is 344 Å². The quantitative estimate of drug-likeness (QED) is 0.0261. The summed E-state index contributed by atoms with van der Waals surface area (Å²) in [6, 6.07) is 0. The molecule has 0 aliphatic carbocycles. The van der Waals surface area contributed by atoms with Crippen molar-refractivity contribution in [3.8, 4) is 0 Å². The lowest BCUT2D eigenvalue weighted by Crippen LogP contribution is -2.30. The first-order valence-corrected chi connectivity index (χ1v) is 36.4. The van der Waals surface area contributed by atoms with Crippen molar-refractivity contribution in [2.75, 3.05) is 13.2 Å². The number of rotatable bonds is 67. The Kier molecular flexibility index (Phi) is 68.6. The molecule has 0 rings (SSSR count). The number of carbonyl (C=O) groups excluding carboxylic acids is 3. The number of carbonyl (C=O) groups is 3. The number of unbranched alkanes of at least 4 members (excludes halogenated alkanes) is 44. The Hall–Kier alpha value is -3.15. The maximum atomic E-state index is 13.0. The molecule has 1 unspecified atom stereocenters. The van der Waals surface area contributed by atoms with Crippen LogP contribution in [0.5, 0.6) is 0 Å². The fraction of sp³-hybridized carbons (Fsp3) is 0.805. The molecule has 0 aliphatic rings.